The van der Waals surface area contributed by atoms with Crippen molar-refractivity contribution in [2.24, 2.45) is 7.05 Å². The normalized spacial score (nSPS) is 15.7. The van der Waals surface area contributed by atoms with Gasteiger partial charge in [0.25, 0.3) is 5.91 Å². The van der Waals surface area contributed by atoms with Gasteiger partial charge < -0.3 is 14.0 Å². The van der Waals surface area contributed by atoms with Crippen LogP contribution in [0.1, 0.15) is 21.9 Å². The first-order valence-electron chi connectivity index (χ1n) is 8.71. The average molecular weight is 373 g/mol. The van der Waals surface area contributed by atoms with E-state index in [0.717, 1.165) is 42.0 Å². The Labute approximate surface area is 156 Å². The lowest BCUT2D eigenvalue weighted by Gasteiger charge is -2.34. The van der Waals surface area contributed by atoms with Crippen LogP contribution < -0.4 is 0 Å². The van der Waals surface area contributed by atoms with Gasteiger partial charge >= 0.3 is 0 Å². The van der Waals surface area contributed by atoms with Crippen molar-refractivity contribution in [1.82, 2.24) is 19.5 Å². The van der Waals surface area contributed by atoms with Crippen LogP contribution in [-0.4, -0.2) is 51.6 Å². The van der Waals surface area contributed by atoms with Gasteiger partial charge in [0.05, 0.1) is 10.7 Å². The number of rotatable bonds is 3. The molecule has 4 rings (SSSR count). The van der Waals surface area contributed by atoms with Crippen molar-refractivity contribution in [3.05, 3.63) is 52.5 Å². The molecule has 3 aromatic rings. The lowest BCUT2D eigenvalue weighted by atomic mass is 10.2. The van der Waals surface area contributed by atoms with E-state index in [1.807, 2.05) is 53.8 Å². The van der Waals surface area contributed by atoms with Crippen LogP contribution in [0.15, 0.2) is 34.9 Å². The molecule has 6 nitrogen and oxygen atoms in total. The van der Waals surface area contributed by atoms with Gasteiger partial charge in [-0.2, -0.15) is 0 Å². The third kappa shape index (κ3) is 2.99. The Morgan fingerprint density at radius 3 is 2.62 bits per heavy atom. The molecule has 0 radical (unpaired) electrons. The van der Waals surface area contributed by atoms with Crippen molar-refractivity contribution in [2.75, 3.05) is 26.2 Å². The molecule has 1 aliphatic rings. The Morgan fingerprint density at radius 2 is 1.96 bits per heavy atom. The molecule has 1 amide bonds. The molecule has 0 aliphatic carbocycles. The van der Waals surface area contributed by atoms with Crippen molar-refractivity contribution >= 4 is 28.4 Å². The molecule has 7 heteroatoms. The number of hydrogen-bond donors (Lipinski definition) is 0. The Balaban J connectivity index is 1.47. The maximum absolute atomic E-state index is 13.1. The summed E-state index contributed by atoms with van der Waals surface area (Å²) in [6, 6.07) is 9.78. The zero-order chi connectivity index (χ0) is 18.3. The molecular weight excluding hydrogens is 352 g/mol. The number of halogens is 1. The number of para-hydroxylation sites is 1. The van der Waals surface area contributed by atoms with Gasteiger partial charge in [-0.15, -0.1) is 0 Å². The first-order chi connectivity index (χ1) is 12.5. The average Bonchev–Trinajstić information content (AvgIpc) is 3.17. The Bertz CT molecular complexity index is 915. The molecule has 136 valence electrons. The van der Waals surface area contributed by atoms with Gasteiger partial charge in [0.1, 0.15) is 11.5 Å². The molecule has 26 heavy (non-hydrogen) atoms. The maximum atomic E-state index is 13.1. The standard InChI is InChI=1S/C19H21ClN4O2/c1-13-11-14(21-26-13)12-23-7-9-24(10-8-23)19(25)18-17(20)15-5-3-4-6-16(15)22(18)2/h3-6,11H,7-10,12H2,1-2H3. The summed E-state index contributed by atoms with van der Waals surface area (Å²) >= 11 is 6.52. The van der Waals surface area contributed by atoms with Gasteiger partial charge in [-0.1, -0.05) is 35.0 Å². The molecule has 1 aromatic carbocycles. The Hall–Kier alpha value is -2.31. The van der Waals surface area contributed by atoms with E-state index < -0.39 is 0 Å². The summed E-state index contributed by atoms with van der Waals surface area (Å²) in [6.07, 6.45) is 0. The lowest BCUT2D eigenvalue weighted by molar-refractivity contribution is 0.0617. The van der Waals surface area contributed by atoms with Crippen molar-refractivity contribution in [3.8, 4) is 0 Å². The summed E-state index contributed by atoms with van der Waals surface area (Å²) in [6.45, 7) is 5.59. The number of fused-ring (bicyclic) bond motifs is 1. The molecule has 1 saturated heterocycles. The van der Waals surface area contributed by atoms with Crippen molar-refractivity contribution in [1.29, 1.82) is 0 Å². The summed E-state index contributed by atoms with van der Waals surface area (Å²) in [5, 5.41) is 5.49. The number of nitrogens with zero attached hydrogens (tertiary/aromatic N) is 4. The second-order valence-electron chi connectivity index (χ2n) is 6.74. The van der Waals surface area contributed by atoms with E-state index >= 15 is 0 Å². The van der Waals surface area contributed by atoms with Crippen LogP contribution >= 0.6 is 11.6 Å². The van der Waals surface area contributed by atoms with E-state index in [1.165, 1.54) is 0 Å². The molecule has 0 saturated carbocycles. The molecule has 1 aliphatic heterocycles. The van der Waals surface area contributed by atoms with Crippen LogP contribution in [0.5, 0.6) is 0 Å². The number of carbonyl (C=O) groups excluding carboxylic acids is 1. The predicted molar refractivity (Wildman–Crippen MR) is 100 cm³/mol. The van der Waals surface area contributed by atoms with Crippen molar-refractivity contribution in [2.45, 2.75) is 13.5 Å². The minimum absolute atomic E-state index is 0.00868. The second kappa shape index (κ2) is 6.78. The molecule has 0 atom stereocenters. The molecule has 0 spiro atoms. The Kier molecular flexibility index (Phi) is 4.46. The van der Waals surface area contributed by atoms with Crippen molar-refractivity contribution in [3.63, 3.8) is 0 Å². The van der Waals surface area contributed by atoms with Gasteiger partial charge in [-0.25, -0.2) is 0 Å². The van der Waals surface area contributed by atoms with Crippen molar-refractivity contribution < 1.29 is 9.32 Å². The summed E-state index contributed by atoms with van der Waals surface area (Å²) in [5.74, 6) is 0.810. The highest BCUT2D eigenvalue weighted by atomic mass is 35.5. The van der Waals surface area contributed by atoms with E-state index in [9.17, 15) is 4.79 Å². The maximum Gasteiger partial charge on any atom is 0.272 e. The fourth-order valence-corrected chi connectivity index (χ4v) is 3.93. The highest BCUT2D eigenvalue weighted by Crippen LogP contribution is 2.30. The topological polar surface area (TPSA) is 54.5 Å². The molecule has 1 fully saturated rings. The van der Waals surface area contributed by atoms with E-state index in [2.05, 4.69) is 10.1 Å². The SMILES string of the molecule is Cc1cc(CN2CCN(C(=O)c3c(Cl)c4ccccc4n3C)CC2)no1. The number of carbonyl (C=O) groups is 1. The number of aromatic nitrogens is 2. The fraction of sp³-hybridized carbons (Fsp3) is 0.368. The van der Waals surface area contributed by atoms with E-state index in [0.29, 0.717) is 23.8 Å². The largest absolute Gasteiger partial charge is 0.361 e. The monoisotopic (exact) mass is 372 g/mol. The van der Waals surface area contributed by atoms with Gasteiger partial charge in [0.2, 0.25) is 0 Å². The van der Waals surface area contributed by atoms with Crippen LogP contribution in [0.3, 0.4) is 0 Å². The first kappa shape index (κ1) is 17.1. The molecule has 0 bridgehead atoms. The Morgan fingerprint density at radius 1 is 1.23 bits per heavy atom. The number of piperazine rings is 1. The summed E-state index contributed by atoms with van der Waals surface area (Å²) in [5.41, 5.74) is 2.47. The minimum atomic E-state index is -0.00868. The number of benzene rings is 1. The van der Waals surface area contributed by atoms with Gasteiger partial charge in [-0.3, -0.25) is 9.69 Å². The van der Waals surface area contributed by atoms with E-state index in [-0.39, 0.29) is 5.91 Å². The molecule has 0 unspecified atom stereocenters. The fourth-order valence-electron chi connectivity index (χ4n) is 3.56. The highest BCUT2D eigenvalue weighted by molar-refractivity contribution is 6.38. The third-order valence-electron chi connectivity index (χ3n) is 4.97. The van der Waals surface area contributed by atoms with E-state index in [4.69, 9.17) is 16.1 Å². The quantitative estimate of drug-likeness (QED) is 0.709. The zero-order valence-electron chi connectivity index (χ0n) is 14.9. The third-order valence-corrected chi connectivity index (χ3v) is 5.35. The van der Waals surface area contributed by atoms with Crippen LogP contribution in [-0.2, 0) is 13.6 Å². The number of aryl methyl sites for hydroxylation is 2. The smallest absolute Gasteiger partial charge is 0.272 e. The summed E-state index contributed by atoms with van der Waals surface area (Å²) in [4.78, 5) is 17.2. The first-order valence-corrected chi connectivity index (χ1v) is 9.09. The van der Waals surface area contributed by atoms with E-state index in [1.54, 1.807) is 0 Å². The van der Waals surface area contributed by atoms with Gasteiger partial charge in [-0.05, 0) is 13.0 Å². The number of hydrogen-bond acceptors (Lipinski definition) is 4. The zero-order valence-corrected chi connectivity index (χ0v) is 15.7. The summed E-state index contributed by atoms with van der Waals surface area (Å²) < 4.78 is 7.01. The molecule has 0 N–H and O–H groups in total. The van der Waals surface area contributed by atoms with Crippen LogP contribution in [0.2, 0.25) is 5.02 Å². The van der Waals surface area contributed by atoms with Gasteiger partial charge in [0, 0.05) is 56.7 Å². The highest BCUT2D eigenvalue weighted by Gasteiger charge is 2.27. The lowest BCUT2D eigenvalue weighted by Crippen LogP contribution is -2.48. The van der Waals surface area contributed by atoms with Crippen LogP contribution in [0.25, 0.3) is 10.9 Å². The minimum Gasteiger partial charge on any atom is -0.361 e. The second-order valence-corrected chi connectivity index (χ2v) is 7.11. The number of amides is 1. The van der Waals surface area contributed by atoms with Crippen LogP contribution in [0.4, 0.5) is 0 Å². The van der Waals surface area contributed by atoms with Crippen LogP contribution in [0, 0.1) is 6.92 Å². The molecule has 2 aromatic heterocycles. The van der Waals surface area contributed by atoms with Gasteiger partial charge in [0.15, 0.2) is 0 Å². The summed E-state index contributed by atoms with van der Waals surface area (Å²) in [7, 11) is 1.89. The predicted octanol–water partition coefficient (Wildman–Crippen LogP) is 3.09. The molecular formula is C19H21ClN4O2. The molecule has 3 heterocycles.